The fourth-order valence-corrected chi connectivity index (χ4v) is 4.72. The van der Waals surface area contributed by atoms with Gasteiger partial charge in [0.1, 0.15) is 10.6 Å². The van der Waals surface area contributed by atoms with E-state index in [2.05, 4.69) is 22.3 Å². The van der Waals surface area contributed by atoms with Gasteiger partial charge in [-0.15, -0.1) is 11.3 Å². The van der Waals surface area contributed by atoms with E-state index in [1.54, 1.807) is 18.4 Å². The van der Waals surface area contributed by atoms with E-state index in [4.69, 9.17) is 4.74 Å². The normalized spacial score (nSPS) is 14.9. The third kappa shape index (κ3) is 3.88. The predicted octanol–water partition coefficient (Wildman–Crippen LogP) is 3.67. The van der Waals surface area contributed by atoms with Gasteiger partial charge < -0.3 is 15.0 Å². The van der Waals surface area contributed by atoms with Gasteiger partial charge in [0.2, 0.25) is 0 Å². The number of ether oxygens (including phenoxy) is 1. The molecule has 1 aliphatic rings. The molecule has 2 aromatic rings. The van der Waals surface area contributed by atoms with Gasteiger partial charge in [-0.05, 0) is 45.3 Å². The monoisotopic (exact) mass is 358 g/mol. The third-order valence-electron chi connectivity index (χ3n) is 4.80. The van der Waals surface area contributed by atoms with Crippen LogP contribution in [0, 0.1) is 0 Å². The number of hydrogen-bond acceptors (Lipinski definition) is 4. The van der Waals surface area contributed by atoms with Crippen LogP contribution >= 0.6 is 11.3 Å². The zero-order valence-corrected chi connectivity index (χ0v) is 16.0. The number of nitrogens with one attached hydrogen (secondary N) is 1. The lowest BCUT2D eigenvalue weighted by Crippen LogP contribution is -2.34. The van der Waals surface area contributed by atoms with Crippen molar-refractivity contribution < 1.29 is 9.53 Å². The predicted molar refractivity (Wildman–Crippen MR) is 103 cm³/mol. The molecule has 0 saturated heterocycles. The molecule has 1 aliphatic carbocycles. The number of hydrogen-bond donors (Lipinski definition) is 1. The second-order valence-corrected chi connectivity index (χ2v) is 7.78. The van der Waals surface area contributed by atoms with E-state index in [0.717, 1.165) is 23.5 Å². The summed E-state index contributed by atoms with van der Waals surface area (Å²) in [5, 5.41) is 3.11. The lowest BCUT2D eigenvalue weighted by atomic mass is 9.98. The number of carbonyl (C=O) groups excluding carboxylic acids is 1. The summed E-state index contributed by atoms with van der Waals surface area (Å²) in [6.45, 7) is 0.571. The van der Waals surface area contributed by atoms with Crippen LogP contribution in [0.3, 0.4) is 0 Å². The molecule has 25 heavy (non-hydrogen) atoms. The number of likely N-dealkylation sites (N-methyl/N-ethyl adjacent to an activating group) is 1. The highest BCUT2D eigenvalue weighted by atomic mass is 32.1. The first kappa shape index (κ1) is 18.0. The molecule has 1 N–H and O–H groups in total. The SMILES string of the molecule is COc1c(C(=O)NCC(c2ccccc2)N(C)C)sc2c1CCCC2. The van der Waals surface area contributed by atoms with E-state index < -0.39 is 0 Å². The van der Waals surface area contributed by atoms with Crippen molar-refractivity contribution in [2.24, 2.45) is 0 Å². The molecule has 5 heteroatoms. The third-order valence-corrected chi connectivity index (χ3v) is 6.07. The van der Waals surface area contributed by atoms with Gasteiger partial charge in [-0.1, -0.05) is 30.3 Å². The van der Waals surface area contributed by atoms with Crippen molar-refractivity contribution in [3.05, 3.63) is 51.2 Å². The van der Waals surface area contributed by atoms with Crippen molar-refractivity contribution in [1.82, 2.24) is 10.2 Å². The summed E-state index contributed by atoms with van der Waals surface area (Å²) < 4.78 is 5.58. The molecular weight excluding hydrogens is 332 g/mol. The van der Waals surface area contributed by atoms with Crippen molar-refractivity contribution in [2.45, 2.75) is 31.7 Å². The summed E-state index contributed by atoms with van der Waals surface area (Å²) in [5.41, 5.74) is 2.45. The number of amides is 1. The molecule has 1 atom stereocenters. The molecule has 0 aliphatic heterocycles. The highest BCUT2D eigenvalue weighted by Crippen LogP contribution is 2.39. The fraction of sp³-hybridized carbons (Fsp3) is 0.450. The number of aryl methyl sites for hydroxylation is 1. The van der Waals surface area contributed by atoms with Crippen LogP contribution in [0.25, 0.3) is 0 Å². The minimum atomic E-state index is -0.0287. The first-order valence-corrected chi connectivity index (χ1v) is 9.61. The van der Waals surface area contributed by atoms with Gasteiger partial charge in [0, 0.05) is 17.0 Å². The van der Waals surface area contributed by atoms with Crippen LogP contribution in [-0.2, 0) is 12.8 Å². The highest BCUT2D eigenvalue weighted by Gasteiger charge is 2.26. The van der Waals surface area contributed by atoms with E-state index in [-0.39, 0.29) is 11.9 Å². The Labute approximate surface area is 153 Å². The number of fused-ring (bicyclic) bond motifs is 1. The fourth-order valence-electron chi connectivity index (χ4n) is 3.45. The van der Waals surface area contributed by atoms with Gasteiger partial charge in [0.25, 0.3) is 5.91 Å². The Hall–Kier alpha value is -1.85. The summed E-state index contributed by atoms with van der Waals surface area (Å²) in [6.07, 6.45) is 4.47. The quantitative estimate of drug-likeness (QED) is 0.857. The molecule has 1 aromatic carbocycles. The van der Waals surface area contributed by atoms with Gasteiger partial charge >= 0.3 is 0 Å². The summed E-state index contributed by atoms with van der Waals surface area (Å²) >= 11 is 1.60. The largest absolute Gasteiger partial charge is 0.495 e. The van der Waals surface area contributed by atoms with Gasteiger partial charge in [0.05, 0.1) is 13.2 Å². The van der Waals surface area contributed by atoms with E-state index in [1.165, 1.54) is 28.8 Å². The molecule has 3 rings (SSSR count). The summed E-state index contributed by atoms with van der Waals surface area (Å²) in [4.78, 5) is 17.0. The van der Waals surface area contributed by atoms with Crippen molar-refractivity contribution in [1.29, 1.82) is 0 Å². The van der Waals surface area contributed by atoms with Crippen molar-refractivity contribution >= 4 is 17.2 Å². The molecule has 1 aromatic heterocycles. The molecule has 1 unspecified atom stereocenters. The van der Waals surface area contributed by atoms with Crippen LogP contribution in [0.4, 0.5) is 0 Å². The summed E-state index contributed by atoms with van der Waals surface area (Å²) in [6, 6.07) is 10.4. The average molecular weight is 359 g/mol. The van der Waals surface area contributed by atoms with E-state index in [9.17, 15) is 4.79 Å². The minimum Gasteiger partial charge on any atom is -0.495 e. The Morgan fingerprint density at radius 3 is 2.64 bits per heavy atom. The second-order valence-electron chi connectivity index (χ2n) is 6.67. The molecule has 1 amide bonds. The van der Waals surface area contributed by atoms with E-state index >= 15 is 0 Å². The molecule has 0 bridgehead atoms. The van der Waals surface area contributed by atoms with E-state index in [1.807, 2.05) is 32.3 Å². The van der Waals surface area contributed by atoms with Crippen LogP contribution in [0.2, 0.25) is 0 Å². The second kappa shape index (κ2) is 8.02. The molecule has 1 heterocycles. The van der Waals surface area contributed by atoms with Gasteiger partial charge in [0.15, 0.2) is 0 Å². The molecule has 0 spiro atoms. The lowest BCUT2D eigenvalue weighted by Gasteiger charge is -2.25. The topological polar surface area (TPSA) is 41.6 Å². The number of carbonyl (C=O) groups is 1. The van der Waals surface area contributed by atoms with Crippen molar-refractivity contribution in [3.63, 3.8) is 0 Å². The van der Waals surface area contributed by atoms with Gasteiger partial charge in [-0.25, -0.2) is 0 Å². The van der Waals surface area contributed by atoms with Crippen LogP contribution in [0.15, 0.2) is 30.3 Å². The zero-order valence-electron chi connectivity index (χ0n) is 15.2. The standard InChI is InChI=1S/C20H26N2O2S/c1-22(2)16(14-9-5-4-6-10-14)13-21-20(23)19-18(24-3)15-11-7-8-12-17(15)25-19/h4-6,9-10,16H,7-8,11-13H2,1-3H3,(H,21,23). The summed E-state index contributed by atoms with van der Waals surface area (Å²) in [5.74, 6) is 0.761. The Balaban J connectivity index is 1.75. The van der Waals surface area contributed by atoms with Crippen molar-refractivity contribution in [3.8, 4) is 5.75 Å². The van der Waals surface area contributed by atoms with Crippen LogP contribution < -0.4 is 10.1 Å². The van der Waals surface area contributed by atoms with Crippen LogP contribution in [-0.4, -0.2) is 38.6 Å². The molecule has 4 nitrogen and oxygen atoms in total. The van der Waals surface area contributed by atoms with Crippen LogP contribution in [0.5, 0.6) is 5.75 Å². The molecule has 0 saturated carbocycles. The number of benzene rings is 1. The molecular formula is C20H26N2O2S. The summed E-state index contributed by atoms with van der Waals surface area (Å²) in [7, 11) is 5.74. The molecule has 134 valence electrons. The first-order chi connectivity index (χ1) is 12.1. The van der Waals surface area contributed by atoms with Gasteiger partial charge in [-0.3, -0.25) is 4.79 Å². The van der Waals surface area contributed by atoms with Crippen LogP contribution in [0.1, 0.15) is 44.6 Å². The number of rotatable bonds is 6. The minimum absolute atomic E-state index is 0.0287. The number of nitrogens with zero attached hydrogens (tertiary/aromatic N) is 1. The average Bonchev–Trinajstić information content (AvgIpc) is 3.01. The Morgan fingerprint density at radius 2 is 1.96 bits per heavy atom. The van der Waals surface area contributed by atoms with E-state index in [0.29, 0.717) is 6.54 Å². The Kier molecular flexibility index (Phi) is 5.76. The maximum absolute atomic E-state index is 12.8. The van der Waals surface area contributed by atoms with Gasteiger partial charge in [-0.2, -0.15) is 0 Å². The molecule has 0 radical (unpaired) electrons. The zero-order chi connectivity index (χ0) is 17.8. The van der Waals surface area contributed by atoms with Crippen molar-refractivity contribution in [2.75, 3.05) is 27.7 Å². The Bertz CT molecular complexity index is 725. The number of thiophene rings is 1. The first-order valence-electron chi connectivity index (χ1n) is 8.80. The maximum Gasteiger partial charge on any atom is 0.265 e. The molecule has 0 fully saturated rings. The smallest absolute Gasteiger partial charge is 0.265 e. The lowest BCUT2D eigenvalue weighted by molar-refractivity contribution is 0.0943. The maximum atomic E-state index is 12.8. The Morgan fingerprint density at radius 1 is 1.24 bits per heavy atom. The number of methoxy groups -OCH3 is 1. The highest BCUT2D eigenvalue weighted by molar-refractivity contribution is 7.14.